The first-order valence-electron chi connectivity index (χ1n) is 6.84. The number of carbonyl (C=O) groups excluding carboxylic acids is 1. The predicted octanol–water partition coefficient (Wildman–Crippen LogP) is 2.55. The first-order chi connectivity index (χ1) is 9.78. The number of hydrogen-bond donors (Lipinski definition) is 1. The summed E-state index contributed by atoms with van der Waals surface area (Å²) < 4.78 is 0. The number of nitrogens with zero attached hydrogens (tertiary/aromatic N) is 1. The molecule has 1 saturated carbocycles. The summed E-state index contributed by atoms with van der Waals surface area (Å²) in [6.07, 6.45) is 13.6. The van der Waals surface area contributed by atoms with E-state index >= 15 is 0 Å². The van der Waals surface area contributed by atoms with Gasteiger partial charge < -0.3 is 5.32 Å². The van der Waals surface area contributed by atoms with Crippen LogP contribution in [0.4, 0.5) is 0 Å². The zero-order chi connectivity index (χ0) is 13.6. The molecule has 1 heterocycles. The van der Waals surface area contributed by atoms with Gasteiger partial charge in [-0.3, -0.25) is 9.78 Å². The monoisotopic (exact) mass is 262 g/mol. The highest BCUT2D eigenvalue weighted by atomic mass is 16.1. The van der Waals surface area contributed by atoms with Crippen LogP contribution in [0.25, 0.3) is 0 Å². The summed E-state index contributed by atoms with van der Waals surface area (Å²) in [5, 5.41) is 3.17. The molecule has 0 radical (unpaired) electrons. The fourth-order valence-electron chi connectivity index (χ4n) is 2.79. The largest absolute Gasteiger partial charge is 0.341 e. The van der Waals surface area contributed by atoms with Crippen LogP contribution in [-0.2, 0) is 10.3 Å². The van der Waals surface area contributed by atoms with Gasteiger partial charge in [0.2, 0.25) is 0 Å². The number of pyridine rings is 1. The van der Waals surface area contributed by atoms with Gasteiger partial charge in [-0.2, -0.15) is 0 Å². The smallest absolute Gasteiger partial charge is 0.252 e. The van der Waals surface area contributed by atoms with E-state index in [-0.39, 0.29) is 11.4 Å². The SMILES string of the molecule is O=C(NC1(c2ccccn2)CC1)C1=C2C=CC=C2C=C1. The minimum absolute atomic E-state index is 0.00523. The van der Waals surface area contributed by atoms with Gasteiger partial charge >= 0.3 is 0 Å². The van der Waals surface area contributed by atoms with E-state index in [1.165, 1.54) is 0 Å². The number of nitrogens with one attached hydrogen (secondary N) is 1. The highest BCUT2D eigenvalue weighted by Gasteiger charge is 2.47. The van der Waals surface area contributed by atoms with E-state index in [2.05, 4.69) is 10.3 Å². The normalized spacial score (nSPS) is 20.9. The Labute approximate surface area is 117 Å². The van der Waals surface area contributed by atoms with Gasteiger partial charge in [-0.25, -0.2) is 0 Å². The lowest BCUT2D eigenvalue weighted by atomic mass is 10.1. The predicted molar refractivity (Wildman–Crippen MR) is 76.7 cm³/mol. The first kappa shape index (κ1) is 11.4. The summed E-state index contributed by atoms with van der Waals surface area (Å²) in [4.78, 5) is 16.9. The Morgan fingerprint density at radius 3 is 2.85 bits per heavy atom. The second-order valence-corrected chi connectivity index (χ2v) is 5.39. The molecule has 1 N–H and O–H groups in total. The van der Waals surface area contributed by atoms with Crippen molar-refractivity contribution in [2.24, 2.45) is 0 Å². The summed E-state index contributed by atoms with van der Waals surface area (Å²) in [5.41, 5.74) is 3.61. The van der Waals surface area contributed by atoms with E-state index in [0.29, 0.717) is 0 Å². The fraction of sp³-hybridized carbons (Fsp3) is 0.176. The van der Waals surface area contributed by atoms with Gasteiger partial charge in [0.15, 0.2) is 0 Å². The first-order valence-corrected chi connectivity index (χ1v) is 6.84. The maximum absolute atomic E-state index is 12.5. The molecule has 98 valence electrons. The molecule has 3 heteroatoms. The highest BCUT2D eigenvalue weighted by Crippen LogP contribution is 2.45. The third kappa shape index (κ3) is 1.67. The third-order valence-corrected chi connectivity index (χ3v) is 4.07. The van der Waals surface area contributed by atoms with Crippen molar-refractivity contribution in [2.75, 3.05) is 0 Å². The number of amides is 1. The van der Waals surface area contributed by atoms with Crippen LogP contribution in [0.1, 0.15) is 18.5 Å². The molecule has 0 unspecified atom stereocenters. The van der Waals surface area contributed by atoms with Crippen molar-refractivity contribution in [3.63, 3.8) is 0 Å². The lowest BCUT2D eigenvalue weighted by molar-refractivity contribution is -0.118. The maximum Gasteiger partial charge on any atom is 0.252 e. The molecule has 4 rings (SSSR count). The molecule has 3 aliphatic rings. The van der Waals surface area contributed by atoms with Crippen molar-refractivity contribution in [2.45, 2.75) is 18.4 Å². The van der Waals surface area contributed by atoms with E-state index in [1.807, 2.05) is 48.6 Å². The molecule has 1 aromatic heterocycles. The topological polar surface area (TPSA) is 42.0 Å². The lowest BCUT2D eigenvalue weighted by Gasteiger charge is -2.17. The number of allylic oxidation sites excluding steroid dienone is 6. The van der Waals surface area contributed by atoms with Crippen LogP contribution >= 0.6 is 0 Å². The fourth-order valence-corrected chi connectivity index (χ4v) is 2.79. The van der Waals surface area contributed by atoms with Gasteiger partial charge in [0.25, 0.3) is 5.91 Å². The second kappa shape index (κ2) is 4.04. The van der Waals surface area contributed by atoms with E-state index in [1.54, 1.807) is 6.20 Å². The van der Waals surface area contributed by atoms with Crippen LogP contribution in [0, 0.1) is 0 Å². The van der Waals surface area contributed by atoms with Crippen molar-refractivity contribution in [3.8, 4) is 0 Å². The third-order valence-electron chi connectivity index (χ3n) is 4.07. The van der Waals surface area contributed by atoms with Crippen molar-refractivity contribution >= 4 is 5.91 Å². The Morgan fingerprint density at radius 2 is 2.10 bits per heavy atom. The zero-order valence-corrected chi connectivity index (χ0v) is 11.0. The van der Waals surface area contributed by atoms with Crippen LogP contribution in [0.15, 0.2) is 71.5 Å². The minimum atomic E-state index is -0.255. The molecule has 20 heavy (non-hydrogen) atoms. The average Bonchev–Trinajstić information content (AvgIpc) is 2.93. The van der Waals surface area contributed by atoms with Gasteiger partial charge in [0.05, 0.1) is 11.2 Å². The summed E-state index contributed by atoms with van der Waals surface area (Å²) in [5.74, 6) is -0.00523. The van der Waals surface area contributed by atoms with Crippen LogP contribution < -0.4 is 5.32 Å². The van der Waals surface area contributed by atoms with Crippen molar-refractivity contribution < 1.29 is 4.79 Å². The Balaban J connectivity index is 1.60. The quantitative estimate of drug-likeness (QED) is 0.909. The molecule has 0 spiro atoms. The molecule has 1 aromatic rings. The molecule has 0 saturated heterocycles. The Bertz CT molecular complexity index is 704. The summed E-state index contributed by atoms with van der Waals surface area (Å²) in [6, 6.07) is 5.84. The average molecular weight is 262 g/mol. The minimum Gasteiger partial charge on any atom is -0.341 e. The molecule has 1 amide bonds. The van der Waals surface area contributed by atoms with Crippen molar-refractivity contribution in [1.29, 1.82) is 0 Å². The van der Waals surface area contributed by atoms with Crippen LogP contribution in [0.5, 0.6) is 0 Å². The molecule has 0 bridgehead atoms. The number of hydrogen-bond acceptors (Lipinski definition) is 2. The van der Waals surface area contributed by atoms with Crippen molar-refractivity contribution in [3.05, 3.63) is 77.2 Å². The lowest BCUT2D eigenvalue weighted by Crippen LogP contribution is -2.36. The summed E-state index contributed by atoms with van der Waals surface area (Å²) >= 11 is 0. The molecular weight excluding hydrogens is 248 g/mol. The Kier molecular flexibility index (Phi) is 2.30. The Morgan fingerprint density at radius 1 is 1.20 bits per heavy atom. The molecular formula is C17H14N2O. The van der Waals surface area contributed by atoms with E-state index in [0.717, 1.165) is 35.3 Å². The number of fused-ring (bicyclic) bond motifs is 1. The maximum atomic E-state index is 12.5. The number of rotatable bonds is 3. The molecule has 1 fully saturated rings. The highest BCUT2D eigenvalue weighted by molar-refractivity contribution is 6.01. The molecule has 0 atom stereocenters. The van der Waals surface area contributed by atoms with E-state index in [9.17, 15) is 4.79 Å². The number of aromatic nitrogens is 1. The van der Waals surface area contributed by atoms with E-state index < -0.39 is 0 Å². The van der Waals surface area contributed by atoms with E-state index in [4.69, 9.17) is 0 Å². The molecule has 0 aliphatic heterocycles. The standard InChI is InChI=1S/C17H14N2O/c20-16(14-8-7-12-4-3-5-13(12)14)19-17(9-10-17)15-6-1-2-11-18-15/h1-8,11H,9-10H2,(H,19,20). The number of carbonyl (C=O) groups is 1. The zero-order valence-electron chi connectivity index (χ0n) is 11.0. The molecule has 3 aliphatic carbocycles. The van der Waals surface area contributed by atoms with Crippen LogP contribution in [0.2, 0.25) is 0 Å². The van der Waals surface area contributed by atoms with Gasteiger partial charge in [0, 0.05) is 11.8 Å². The summed E-state index contributed by atoms with van der Waals surface area (Å²) in [6.45, 7) is 0. The van der Waals surface area contributed by atoms with Gasteiger partial charge in [0.1, 0.15) is 0 Å². The second-order valence-electron chi connectivity index (χ2n) is 5.39. The molecule has 3 nitrogen and oxygen atoms in total. The van der Waals surface area contributed by atoms with Gasteiger partial charge in [-0.05, 0) is 42.2 Å². The van der Waals surface area contributed by atoms with Gasteiger partial charge in [-0.15, -0.1) is 0 Å². The van der Waals surface area contributed by atoms with Crippen LogP contribution in [-0.4, -0.2) is 10.9 Å². The Hall–Kier alpha value is -2.42. The summed E-state index contributed by atoms with van der Waals surface area (Å²) in [7, 11) is 0. The van der Waals surface area contributed by atoms with Gasteiger partial charge in [-0.1, -0.05) is 30.4 Å². The van der Waals surface area contributed by atoms with Crippen molar-refractivity contribution in [1.82, 2.24) is 10.3 Å². The molecule has 0 aromatic carbocycles. The van der Waals surface area contributed by atoms with Crippen LogP contribution in [0.3, 0.4) is 0 Å².